The average molecular weight is 582 g/mol. The summed E-state index contributed by atoms with van der Waals surface area (Å²) in [6, 6.07) is 22.7. The number of methoxy groups -OCH3 is 1. The summed E-state index contributed by atoms with van der Waals surface area (Å²) >= 11 is 0. The van der Waals surface area contributed by atoms with E-state index in [2.05, 4.69) is 45.3 Å². The molecule has 0 saturated heterocycles. The van der Waals surface area contributed by atoms with Crippen LogP contribution in [0.15, 0.2) is 83.8 Å². The lowest BCUT2D eigenvalue weighted by Crippen LogP contribution is -2.29. The molecule has 7 heteroatoms. The van der Waals surface area contributed by atoms with Gasteiger partial charge in [0.15, 0.2) is 0 Å². The molecule has 3 aromatic carbocycles. The summed E-state index contributed by atoms with van der Waals surface area (Å²) in [5, 5.41) is 6.00. The van der Waals surface area contributed by atoms with Crippen molar-refractivity contribution in [3.8, 4) is 17.2 Å². The largest absolute Gasteiger partial charge is 0.496 e. The summed E-state index contributed by atoms with van der Waals surface area (Å²) in [5.74, 6) is 1.89. The Morgan fingerprint density at radius 3 is 2.09 bits per heavy atom. The van der Waals surface area contributed by atoms with Gasteiger partial charge in [0.1, 0.15) is 23.8 Å². The Labute approximate surface area is 254 Å². The first-order chi connectivity index (χ1) is 20.7. The van der Waals surface area contributed by atoms with Gasteiger partial charge in [0.05, 0.1) is 7.11 Å². The number of nitrogens with one attached hydrogen (secondary N) is 2. The van der Waals surface area contributed by atoms with Crippen LogP contribution in [0.2, 0.25) is 0 Å². The number of unbranched alkanes of at least 4 members (excludes halogenated alkanes) is 1. The number of benzene rings is 3. The highest BCUT2D eigenvalue weighted by molar-refractivity contribution is 6.01. The van der Waals surface area contributed by atoms with Crippen LogP contribution in [0.3, 0.4) is 0 Å². The molecular formula is C36H43N3O4. The van der Waals surface area contributed by atoms with Crippen LogP contribution in [0.5, 0.6) is 11.5 Å². The number of ether oxygens (including phenoxy) is 2. The molecule has 2 N–H and O–H groups in total. The first kappa shape index (κ1) is 31.4. The van der Waals surface area contributed by atoms with E-state index in [0.29, 0.717) is 24.5 Å². The first-order valence-electron chi connectivity index (χ1n) is 15.0. The Bertz CT molecular complexity index is 1560. The molecule has 4 aromatic rings. The number of hydrogen-bond acceptors (Lipinski definition) is 4. The molecule has 0 aliphatic carbocycles. The molecule has 4 rings (SSSR count). The first-order valence-corrected chi connectivity index (χ1v) is 15.0. The number of pyridine rings is 1. The molecule has 226 valence electrons. The molecule has 0 radical (unpaired) electrons. The van der Waals surface area contributed by atoms with Crippen molar-refractivity contribution in [2.24, 2.45) is 0 Å². The number of para-hydroxylation sites is 2. The minimum absolute atomic E-state index is 0.227. The van der Waals surface area contributed by atoms with Gasteiger partial charge in [0.25, 0.3) is 5.56 Å². The molecular weight excluding hydrogens is 538 g/mol. The minimum atomic E-state index is -0.428. The molecule has 1 heterocycles. The zero-order valence-electron chi connectivity index (χ0n) is 26.1. The van der Waals surface area contributed by atoms with Crippen molar-refractivity contribution < 1.29 is 14.3 Å². The van der Waals surface area contributed by atoms with E-state index in [-0.39, 0.29) is 23.1 Å². The highest BCUT2D eigenvalue weighted by Gasteiger charge is 2.19. The molecule has 0 aliphatic rings. The van der Waals surface area contributed by atoms with Gasteiger partial charge in [-0.05, 0) is 77.8 Å². The molecule has 0 fully saturated rings. The molecule has 0 atom stereocenters. The number of carbonyl (C=O) groups is 1. The van der Waals surface area contributed by atoms with E-state index in [9.17, 15) is 9.59 Å². The standard InChI is InChI=1S/C36H43N3O4/c1-7-8-12-26-21-22-39(28-17-19-29(20-18-28)43-23-27-13-9-10-16-32(27)42-6)35(40)33(26)37-36(41)38-34-30(24(2)3)14-11-15-31(34)25(4)5/h9-11,13-22,24-25H,7-8,12,23H2,1-6H3,(H2,37,38,41). The van der Waals surface area contributed by atoms with Crippen LogP contribution < -0.4 is 25.7 Å². The van der Waals surface area contributed by atoms with Crippen molar-refractivity contribution in [1.82, 2.24) is 4.57 Å². The molecule has 0 aliphatic heterocycles. The van der Waals surface area contributed by atoms with Gasteiger partial charge >= 0.3 is 6.03 Å². The van der Waals surface area contributed by atoms with Crippen LogP contribution in [0.25, 0.3) is 5.69 Å². The normalized spacial score (nSPS) is 11.1. The summed E-state index contributed by atoms with van der Waals surface area (Å²) in [5.41, 5.74) is 5.37. The maximum Gasteiger partial charge on any atom is 0.323 e. The Morgan fingerprint density at radius 1 is 0.814 bits per heavy atom. The molecule has 1 aromatic heterocycles. The lowest BCUT2D eigenvalue weighted by molar-refractivity contribution is 0.262. The van der Waals surface area contributed by atoms with Crippen molar-refractivity contribution in [2.45, 2.75) is 72.3 Å². The second-order valence-electron chi connectivity index (χ2n) is 11.3. The number of anilines is 2. The third-order valence-electron chi connectivity index (χ3n) is 7.53. The number of rotatable bonds is 12. The van der Waals surface area contributed by atoms with Crippen LogP contribution in [0, 0.1) is 0 Å². The SMILES string of the molecule is CCCCc1ccn(-c2ccc(OCc3ccccc3OC)cc2)c(=O)c1NC(=O)Nc1c(C(C)C)cccc1C(C)C. The number of aromatic nitrogens is 1. The van der Waals surface area contributed by atoms with Gasteiger partial charge in [-0.3, -0.25) is 9.36 Å². The monoisotopic (exact) mass is 581 g/mol. The van der Waals surface area contributed by atoms with E-state index in [1.54, 1.807) is 17.9 Å². The number of aryl methyl sites for hydroxylation is 1. The third-order valence-corrected chi connectivity index (χ3v) is 7.53. The minimum Gasteiger partial charge on any atom is -0.496 e. The Morgan fingerprint density at radius 2 is 1.47 bits per heavy atom. The summed E-state index contributed by atoms with van der Waals surface area (Å²) < 4.78 is 12.9. The van der Waals surface area contributed by atoms with E-state index in [1.165, 1.54) is 0 Å². The van der Waals surface area contributed by atoms with Crippen LogP contribution in [0.4, 0.5) is 16.2 Å². The fourth-order valence-corrected chi connectivity index (χ4v) is 5.13. The predicted octanol–water partition coefficient (Wildman–Crippen LogP) is 8.66. The van der Waals surface area contributed by atoms with E-state index >= 15 is 0 Å². The lowest BCUT2D eigenvalue weighted by atomic mass is 9.93. The molecule has 0 bridgehead atoms. The van der Waals surface area contributed by atoms with E-state index < -0.39 is 6.03 Å². The van der Waals surface area contributed by atoms with Crippen LogP contribution in [0.1, 0.15) is 81.5 Å². The number of hydrogen-bond donors (Lipinski definition) is 2. The van der Waals surface area contributed by atoms with Gasteiger partial charge in [-0.2, -0.15) is 0 Å². The highest BCUT2D eigenvalue weighted by atomic mass is 16.5. The summed E-state index contributed by atoms with van der Waals surface area (Å²) in [4.78, 5) is 27.3. The average Bonchev–Trinajstić information content (AvgIpc) is 3.00. The Hall–Kier alpha value is -4.52. The number of urea groups is 1. The zero-order chi connectivity index (χ0) is 30.9. The van der Waals surface area contributed by atoms with Crippen molar-refractivity contribution in [2.75, 3.05) is 17.7 Å². The van der Waals surface area contributed by atoms with E-state index in [1.807, 2.05) is 72.8 Å². The fourth-order valence-electron chi connectivity index (χ4n) is 5.13. The molecule has 0 spiro atoms. The molecule has 0 unspecified atom stereocenters. The second kappa shape index (κ2) is 14.6. The van der Waals surface area contributed by atoms with Crippen molar-refractivity contribution >= 4 is 17.4 Å². The molecule has 0 saturated carbocycles. The van der Waals surface area contributed by atoms with Gasteiger partial charge < -0.3 is 20.1 Å². The Balaban J connectivity index is 1.59. The summed E-state index contributed by atoms with van der Waals surface area (Å²) in [6.45, 7) is 10.9. The fraction of sp³-hybridized carbons (Fsp3) is 0.333. The quantitative estimate of drug-likeness (QED) is 0.175. The molecule has 43 heavy (non-hydrogen) atoms. The van der Waals surface area contributed by atoms with Crippen molar-refractivity contribution in [1.29, 1.82) is 0 Å². The van der Waals surface area contributed by atoms with Crippen molar-refractivity contribution in [3.63, 3.8) is 0 Å². The maximum absolute atomic E-state index is 13.8. The zero-order valence-corrected chi connectivity index (χ0v) is 26.1. The smallest absolute Gasteiger partial charge is 0.323 e. The molecule has 7 nitrogen and oxygen atoms in total. The Kier molecular flexibility index (Phi) is 10.7. The van der Waals surface area contributed by atoms with E-state index in [0.717, 1.165) is 46.5 Å². The predicted molar refractivity (Wildman–Crippen MR) is 175 cm³/mol. The van der Waals surface area contributed by atoms with Crippen LogP contribution in [-0.2, 0) is 13.0 Å². The lowest BCUT2D eigenvalue weighted by Gasteiger charge is -2.21. The third kappa shape index (κ3) is 7.66. The van der Waals surface area contributed by atoms with Gasteiger partial charge in [-0.1, -0.05) is 77.4 Å². The number of carbonyl (C=O) groups excluding carboxylic acids is 1. The molecule has 2 amide bonds. The van der Waals surface area contributed by atoms with Gasteiger partial charge in [-0.15, -0.1) is 0 Å². The van der Waals surface area contributed by atoms with Gasteiger partial charge in [0, 0.05) is 23.1 Å². The summed E-state index contributed by atoms with van der Waals surface area (Å²) in [7, 11) is 1.64. The second-order valence-corrected chi connectivity index (χ2v) is 11.3. The van der Waals surface area contributed by atoms with Crippen molar-refractivity contribution in [3.05, 3.63) is 112 Å². The number of nitrogens with zero attached hydrogens (tertiary/aromatic N) is 1. The van der Waals surface area contributed by atoms with Gasteiger partial charge in [0.2, 0.25) is 0 Å². The summed E-state index contributed by atoms with van der Waals surface area (Å²) in [6.07, 6.45) is 4.35. The van der Waals surface area contributed by atoms with E-state index in [4.69, 9.17) is 9.47 Å². The maximum atomic E-state index is 13.8. The van der Waals surface area contributed by atoms with Crippen LogP contribution >= 0.6 is 0 Å². The van der Waals surface area contributed by atoms with Gasteiger partial charge in [-0.25, -0.2) is 4.79 Å². The highest BCUT2D eigenvalue weighted by Crippen LogP contribution is 2.32. The number of amides is 2. The topological polar surface area (TPSA) is 81.6 Å². The van der Waals surface area contributed by atoms with Crippen LogP contribution in [-0.4, -0.2) is 17.7 Å².